The monoisotopic (exact) mass is 342 g/mol. The van der Waals surface area contributed by atoms with Crippen molar-refractivity contribution in [2.75, 3.05) is 12.3 Å². The molecule has 0 saturated heterocycles. The molecular weight excluding hydrogens is 320 g/mol. The molecule has 0 aliphatic carbocycles. The SMILES string of the molecule is Cc1ccc(S(=O)(=O)CCC(=O)NCCC[C@H](N)C(=O)O)cc1. The summed E-state index contributed by atoms with van der Waals surface area (Å²) in [7, 11) is -3.49. The van der Waals surface area contributed by atoms with Crippen molar-refractivity contribution in [2.45, 2.75) is 37.1 Å². The third kappa shape index (κ3) is 6.79. The van der Waals surface area contributed by atoms with Crippen LogP contribution in [0, 0.1) is 6.92 Å². The second kappa shape index (κ2) is 8.64. The van der Waals surface area contributed by atoms with Gasteiger partial charge in [-0.05, 0) is 31.9 Å². The number of amides is 1. The average Bonchev–Trinajstić information content (AvgIpc) is 2.49. The number of carbonyl (C=O) groups is 2. The van der Waals surface area contributed by atoms with Crippen LogP contribution in [0.2, 0.25) is 0 Å². The first-order chi connectivity index (χ1) is 10.7. The molecule has 0 radical (unpaired) electrons. The Kier molecular flexibility index (Phi) is 7.18. The molecule has 0 bridgehead atoms. The largest absolute Gasteiger partial charge is 0.480 e. The standard InChI is InChI=1S/C15H22N2O5S/c1-11-4-6-12(7-5-11)23(21,22)10-8-14(18)17-9-2-3-13(16)15(19)20/h4-7,13H,2-3,8-10,16H2,1H3,(H,17,18)(H,19,20)/t13-/m0/s1. The lowest BCUT2D eigenvalue weighted by Gasteiger charge is -2.08. The molecule has 7 nitrogen and oxygen atoms in total. The van der Waals surface area contributed by atoms with Crippen molar-refractivity contribution in [1.82, 2.24) is 5.32 Å². The Morgan fingerprint density at radius 1 is 1.26 bits per heavy atom. The molecule has 4 N–H and O–H groups in total. The van der Waals surface area contributed by atoms with Crippen molar-refractivity contribution in [3.05, 3.63) is 29.8 Å². The second-order valence-electron chi connectivity index (χ2n) is 5.32. The van der Waals surface area contributed by atoms with Gasteiger partial charge in [-0.25, -0.2) is 8.42 Å². The molecular formula is C15H22N2O5S. The fourth-order valence-electron chi connectivity index (χ4n) is 1.85. The van der Waals surface area contributed by atoms with E-state index < -0.39 is 21.8 Å². The number of carboxylic acid groups (broad SMARTS) is 1. The summed E-state index contributed by atoms with van der Waals surface area (Å²) in [4.78, 5) is 22.3. The van der Waals surface area contributed by atoms with Crippen LogP contribution in [0.4, 0.5) is 0 Å². The molecule has 0 saturated carbocycles. The van der Waals surface area contributed by atoms with Crippen LogP contribution in [0.25, 0.3) is 0 Å². The van der Waals surface area contributed by atoms with Crippen LogP contribution >= 0.6 is 0 Å². The molecule has 0 aromatic heterocycles. The van der Waals surface area contributed by atoms with Crippen LogP contribution in [0.3, 0.4) is 0 Å². The smallest absolute Gasteiger partial charge is 0.320 e. The highest BCUT2D eigenvalue weighted by atomic mass is 32.2. The van der Waals surface area contributed by atoms with Gasteiger partial charge in [-0.15, -0.1) is 0 Å². The van der Waals surface area contributed by atoms with E-state index in [9.17, 15) is 18.0 Å². The van der Waals surface area contributed by atoms with E-state index in [4.69, 9.17) is 10.8 Å². The highest BCUT2D eigenvalue weighted by Crippen LogP contribution is 2.12. The molecule has 0 unspecified atom stereocenters. The van der Waals surface area contributed by atoms with E-state index in [0.717, 1.165) is 5.56 Å². The van der Waals surface area contributed by atoms with Crippen molar-refractivity contribution in [3.8, 4) is 0 Å². The van der Waals surface area contributed by atoms with Gasteiger partial charge in [-0.3, -0.25) is 9.59 Å². The molecule has 1 rings (SSSR count). The zero-order valence-electron chi connectivity index (χ0n) is 13.0. The number of carboxylic acids is 1. The first kappa shape index (κ1) is 19.1. The molecule has 0 aliphatic rings. The van der Waals surface area contributed by atoms with Gasteiger partial charge < -0.3 is 16.2 Å². The summed E-state index contributed by atoms with van der Waals surface area (Å²) in [6, 6.07) is 5.51. The van der Waals surface area contributed by atoms with E-state index in [1.807, 2.05) is 6.92 Å². The molecule has 1 aromatic carbocycles. The maximum Gasteiger partial charge on any atom is 0.320 e. The zero-order valence-corrected chi connectivity index (χ0v) is 13.8. The minimum absolute atomic E-state index is 0.138. The molecule has 0 spiro atoms. The number of hydrogen-bond donors (Lipinski definition) is 3. The van der Waals surface area contributed by atoms with E-state index in [0.29, 0.717) is 6.42 Å². The van der Waals surface area contributed by atoms with Crippen LogP contribution in [-0.2, 0) is 19.4 Å². The third-order valence-corrected chi connectivity index (χ3v) is 5.04. The van der Waals surface area contributed by atoms with Gasteiger partial charge in [-0.1, -0.05) is 17.7 Å². The van der Waals surface area contributed by atoms with Crippen LogP contribution in [0.1, 0.15) is 24.8 Å². The van der Waals surface area contributed by atoms with E-state index in [1.54, 1.807) is 12.1 Å². The summed E-state index contributed by atoms with van der Waals surface area (Å²) in [5.41, 5.74) is 6.29. The fourth-order valence-corrected chi connectivity index (χ4v) is 3.09. The quantitative estimate of drug-likeness (QED) is 0.560. The minimum atomic E-state index is -3.49. The van der Waals surface area contributed by atoms with Crippen molar-refractivity contribution in [2.24, 2.45) is 5.73 Å². The molecule has 8 heteroatoms. The van der Waals surface area contributed by atoms with Gasteiger partial charge in [0.2, 0.25) is 5.91 Å². The summed E-state index contributed by atoms with van der Waals surface area (Å²) in [6.07, 6.45) is 0.530. The summed E-state index contributed by atoms with van der Waals surface area (Å²) in [5.74, 6) is -1.73. The predicted molar refractivity (Wildman–Crippen MR) is 85.7 cm³/mol. The molecule has 0 fully saturated rings. The number of carbonyl (C=O) groups excluding carboxylic acids is 1. The van der Waals surface area contributed by atoms with Gasteiger partial charge in [0.15, 0.2) is 9.84 Å². The molecule has 0 aliphatic heterocycles. The zero-order chi connectivity index (χ0) is 17.5. The Balaban J connectivity index is 2.35. The van der Waals surface area contributed by atoms with Gasteiger partial charge in [0, 0.05) is 13.0 Å². The molecule has 23 heavy (non-hydrogen) atoms. The van der Waals surface area contributed by atoms with E-state index >= 15 is 0 Å². The van der Waals surface area contributed by atoms with Gasteiger partial charge in [0.05, 0.1) is 10.6 Å². The number of hydrogen-bond acceptors (Lipinski definition) is 5. The molecule has 0 heterocycles. The molecule has 128 valence electrons. The minimum Gasteiger partial charge on any atom is -0.480 e. The Morgan fingerprint density at radius 2 is 1.87 bits per heavy atom. The Hall–Kier alpha value is -1.93. The maximum absolute atomic E-state index is 12.1. The lowest BCUT2D eigenvalue weighted by molar-refractivity contribution is -0.138. The average molecular weight is 342 g/mol. The van der Waals surface area contributed by atoms with Crippen molar-refractivity contribution in [1.29, 1.82) is 0 Å². The van der Waals surface area contributed by atoms with Crippen LogP contribution in [0.15, 0.2) is 29.2 Å². The summed E-state index contributed by atoms with van der Waals surface area (Å²) in [5, 5.41) is 11.2. The molecule has 1 atom stereocenters. The number of benzene rings is 1. The van der Waals surface area contributed by atoms with Crippen LogP contribution in [-0.4, -0.2) is 43.7 Å². The number of aryl methyl sites for hydroxylation is 1. The molecule has 1 aromatic rings. The second-order valence-corrected chi connectivity index (χ2v) is 7.43. The van der Waals surface area contributed by atoms with Gasteiger partial charge in [-0.2, -0.15) is 0 Å². The summed E-state index contributed by atoms with van der Waals surface area (Å²) >= 11 is 0. The Bertz CT molecular complexity index is 640. The fraction of sp³-hybridized carbons (Fsp3) is 0.467. The molecule has 1 amide bonds. The summed E-state index contributed by atoms with van der Waals surface area (Å²) in [6.45, 7) is 2.13. The number of aliphatic carboxylic acids is 1. The van der Waals surface area contributed by atoms with Crippen LogP contribution < -0.4 is 11.1 Å². The third-order valence-electron chi connectivity index (χ3n) is 3.31. The Morgan fingerprint density at radius 3 is 2.43 bits per heavy atom. The number of sulfone groups is 1. The number of nitrogens with one attached hydrogen (secondary N) is 1. The van der Waals surface area contributed by atoms with E-state index in [2.05, 4.69) is 5.32 Å². The topological polar surface area (TPSA) is 127 Å². The van der Waals surface area contributed by atoms with E-state index in [-0.39, 0.29) is 35.9 Å². The van der Waals surface area contributed by atoms with Crippen LogP contribution in [0.5, 0.6) is 0 Å². The van der Waals surface area contributed by atoms with E-state index in [1.165, 1.54) is 12.1 Å². The predicted octanol–water partition coefficient (Wildman–Crippen LogP) is 0.467. The normalized spacial score (nSPS) is 12.6. The van der Waals surface area contributed by atoms with Crippen molar-refractivity contribution in [3.63, 3.8) is 0 Å². The highest BCUT2D eigenvalue weighted by molar-refractivity contribution is 7.91. The first-order valence-electron chi connectivity index (χ1n) is 7.27. The van der Waals surface area contributed by atoms with Crippen molar-refractivity contribution >= 4 is 21.7 Å². The Labute approximate surface area is 135 Å². The van der Waals surface area contributed by atoms with Crippen molar-refractivity contribution < 1.29 is 23.1 Å². The van der Waals surface area contributed by atoms with Gasteiger partial charge in [0.1, 0.15) is 6.04 Å². The van der Waals surface area contributed by atoms with Gasteiger partial charge >= 0.3 is 5.97 Å². The highest BCUT2D eigenvalue weighted by Gasteiger charge is 2.16. The number of rotatable bonds is 9. The number of nitrogens with two attached hydrogens (primary N) is 1. The maximum atomic E-state index is 12.1. The lowest BCUT2D eigenvalue weighted by Crippen LogP contribution is -2.32. The van der Waals surface area contributed by atoms with Gasteiger partial charge in [0.25, 0.3) is 0 Å². The lowest BCUT2D eigenvalue weighted by atomic mass is 10.2. The first-order valence-corrected chi connectivity index (χ1v) is 8.92. The summed E-state index contributed by atoms with van der Waals surface area (Å²) < 4.78 is 24.2.